The molecule has 5 nitrogen and oxygen atoms in total. The van der Waals surface area contributed by atoms with E-state index in [0.717, 1.165) is 0 Å². The van der Waals surface area contributed by atoms with Crippen LogP contribution in [0.15, 0.2) is 47.4 Å². The van der Waals surface area contributed by atoms with Crippen LogP contribution in [0.3, 0.4) is 0 Å². The summed E-state index contributed by atoms with van der Waals surface area (Å²) in [5.41, 5.74) is 1.03. The maximum absolute atomic E-state index is 13.3. The first-order valence-corrected chi connectivity index (χ1v) is 10.6. The van der Waals surface area contributed by atoms with Crippen molar-refractivity contribution in [2.75, 3.05) is 5.75 Å². The second-order valence-electron chi connectivity index (χ2n) is 5.92. The van der Waals surface area contributed by atoms with Crippen molar-refractivity contribution in [3.63, 3.8) is 0 Å². The van der Waals surface area contributed by atoms with E-state index in [1.54, 1.807) is 25.1 Å². The highest BCUT2D eigenvalue weighted by Gasteiger charge is 2.24. The lowest BCUT2D eigenvalue weighted by Gasteiger charge is -2.06. The fraction of sp³-hybridized carbons (Fsp3) is 0.211. The molecule has 8 heteroatoms. The molecule has 0 radical (unpaired) electrons. The van der Waals surface area contributed by atoms with Gasteiger partial charge in [0.1, 0.15) is 10.8 Å². The topological polar surface area (TPSA) is 87.9 Å². The molecule has 0 N–H and O–H groups in total. The number of rotatable bonds is 6. The van der Waals surface area contributed by atoms with Crippen LogP contribution >= 0.6 is 11.3 Å². The Balaban J connectivity index is 1.82. The molecule has 1 heterocycles. The van der Waals surface area contributed by atoms with Crippen molar-refractivity contribution in [1.82, 2.24) is 4.98 Å². The van der Waals surface area contributed by atoms with Gasteiger partial charge in [0.25, 0.3) is 0 Å². The molecule has 27 heavy (non-hydrogen) atoms. The van der Waals surface area contributed by atoms with Crippen molar-refractivity contribution < 1.29 is 17.6 Å². The molecule has 0 amide bonds. The van der Waals surface area contributed by atoms with E-state index in [0.29, 0.717) is 20.8 Å². The highest BCUT2D eigenvalue weighted by atomic mass is 32.2. The Labute approximate surface area is 160 Å². The van der Waals surface area contributed by atoms with Gasteiger partial charge >= 0.3 is 0 Å². The average Bonchev–Trinajstić information content (AvgIpc) is 3.05. The molecule has 1 atom stereocenters. The molecule has 0 saturated heterocycles. The van der Waals surface area contributed by atoms with Crippen LogP contribution in [0.25, 0.3) is 10.2 Å². The number of ketones is 1. The number of fused-ring (bicyclic) bond motifs is 1. The Kier molecular flexibility index (Phi) is 5.35. The lowest BCUT2D eigenvalue weighted by Crippen LogP contribution is -2.13. The fourth-order valence-corrected chi connectivity index (χ4v) is 4.49. The minimum absolute atomic E-state index is 0.0000153. The third-order valence-corrected chi connectivity index (χ3v) is 6.96. The maximum Gasteiger partial charge on any atom is 0.178 e. The Morgan fingerprint density at radius 3 is 2.59 bits per heavy atom. The van der Waals surface area contributed by atoms with Crippen molar-refractivity contribution in [2.24, 2.45) is 0 Å². The SMILES string of the molecule is CCS(=O)(=O)c1ccc(CC(=O)C(C#N)c2nc3cc(F)ccc3s2)cc1. The summed E-state index contributed by atoms with van der Waals surface area (Å²) < 4.78 is 37.7. The summed E-state index contributed by atoms with van der Waals surface area (Å²) in [6.45, 7) is 1.56. The third kappa shape index (κ3) is 4.04. The summed E-state index contributed by atoms with van der Waals surface area (Å²) in [4.78, 5) is 17.0. The van der Waals surface area contributed by atoms with Gasteiger partial charge in [-0.1, -0.05) is 19.1 Å². The van der Waals surface area contributed by atoms with Crippen LogP contribution in [-0.2, 0) is 21.1 Å². The minimum atomic E-state index is -3.30. The number of benzene rings is 2. The summed E-state index contributed by atoms with van der Waals surface area (Å²) in [6, 6.07) is 12.2. The average molecular weight is 402 g/mol. The van der Waals surface area contributed by atoms with Gasteiger partial charge in [-0.15, -0.1) is 11.3 Å². The Morgan fingerprint density at radius 1 is 1.26 bits per heavy atom. The quantitative estimate of drug-likeness (QED) is 0.628. The molecule has 0 aliphatic rings. The number of nitriles is 1. The van der Waals surface area contributed by atoms with Gasteiger partial charge in [-0.2, -0.15) is 5.26 Å². The minimum Gasteiger partial charge on any atom is -0.297 e. The molecule has 3 aromatic rings. The predicted octanol–water partition coefficient (Wildman–Crippen LogP) is 3.65. The first kappa shape index (κ1) is 19.1. The van der Waals surface area contributed by atoms with Gasteiger partial charge in [0.2, 0.25) is 0 Å². The lowest BCUT2D eigenvalue weighted by atomic mass is 9.99. The summed E-state index contributed by atoms with van der Waals surface area (Å²) >= 11 is 1.19. The number of hydrogen-bond donors (Lipinski definition) is 0. The maximum atomic E-state index is 13.3. The Bertz CT molecular complexity index is 1150. The molecule has 1 aromatic heterocycles. The van der Waals surface area contributed by atoms with Crippen molar-refractivity contribution in [1.29, 1.82) is 5.26 Å². The van der Waals surface area contributed by atoms with Crippen molar-refractivity contribution in [2.45, 2.75) is 24.2 Å². The zero-order valence-electron chi connectivity index (χ0n) is 14.3. The van der Waals surface area contributed by atoms with E-state index in [1.165, 1.54) is 35.6 Å². The number of hydrogen-bond acceptors (Lipinski definition) is 6. The molecule has 0 bridgehead atoms. The summed E-state index contributed by atoms with van der Waals surface area (Å²) in [5, 5.41) is 9.76. The van der Waals surface area contributed by atoms with Crippen LogP contribution in [0.5, 0.6) is 0 Å². The second-order valence-corrected chi connectivity index (χ2v) is 9.26. The Hall–Kier alpha value is -2.63. The van der Waals surface area contributed by atoms with Crippen molar-refractivity contribution in [3.8, 4) is 6.07 Å². The zero-order valence-corrected chi connectivity index (χ0v) is 16.0. The molecule has 2 aromatic carbocycles. The second kappa shape index (κ2) is 7.55. The van der Waals surface area contributed by atoms with Crippen LogP contribution in [0.4, 0.5) is 4.39 Å². The predicted molar refractivity (Wildman–Crippen MR) is 101 cm³/mol. The van der Waals surface area contributed by atoms with E-state index < -0.39 is 21.6 Å². The first-order chi connectivity index (χ1) is 12.8. The standard InChI is InChI=1S/C19H15FN2O3S2/c1-2-27(24,25)14-6-3-12(4-7-14)9-17(23)15(11-21)19-22-16-10-13(20)5-8-18(16)26-19/h3-8,10,15H,2,9H2,1H3. The zero-order chi connectivity index (χ0) is 19.6. The summed E-state index contributed by atoms with van der Waals surface area (Å²) in [5.74, 6) is -1.83. The summed E-state index contributed by atoms with van der Waals surface area (Å²) in [6.07, 6.45) is -0.0189. The van der Waals surface area contributed by atoms with Gasteiger partial charge in [-0.25, -0.2) is 17.8 Å². The van der Waals surface area contributed by atoms with Gasteiger partial charge in [0.15, 0.2) is 21.5 Å². The van der Waals surface area contributed by atoms with Crippen LogP contribution in [-0.4, -0.2) is 24.9 Å². The number of aromatic nitrogens is 1. The van der Waals surface area contributed by atoms with E-state index >= 15 is 0 Å². The smallest absolute Gasteiger partial charge is 0.178 e. The van der Waals surface area contributed by atoms with Crippen LogP contribution in [0.2, 0.25) is 0 Å². The number of nitrogens with zero attached hydrogens (tertiary/aromatic N) is 2. The molecule has 0 aliphatic carbocycles. The molecular weight excluding hydrogens is 387 g/mol. The van der Waals surface area contributed by atoms with E-state index in [1.807, 2.05) is 6.07 Å². The largest absolute Gasteiger partial charge is 0.297 e. The molecule has 3 rings (SSSR count). The van der Waals surface area contributed by atoms with Crippen molar-refractivity contribution >= 4 is 37.2 Å². The van der Waals surface area contributed by atoms with Gasteiger partial charge in [-0.3, -0.25) is 4.79 Å². The van der Waals surface area contributed by atoms with Crippen LogP contribution in [0.1, 0.15) is 23.4 Å². The van der Waals surface area contributed by atoms with E-state index in [4.69, 9.17) is 0 Å². The Morgan fingerprint density at radius 2 is 1.96 bits per heavy atom. The first-order valence-electron chi connectivity index (χ1n) is 8.14. The fourth-order valence-electron chi connectivity index (χ4n) is 2.59. The molecule has 138 valence electrons. The molecule has 1 unspecified atom stereocenters. The monoisotopic (exact) mass is 402 g/mol. The van der Waals surface area contributed by atoms with Gasteiger partial charge < -0.3 is 0 Å². The van der Waals surface area contributed by atoms with Gasteiger partial charge in [0, 0.05) is 12.5 Å². The van der Waals surface area contributed by atoms with Gasteiger partial charge in [0.05, 0.1) is 26.9 Å². The number of thiazole rings is 1. The van der Waals surface area contributed by atoms with E-state index in [-0.39, 0.29) is 22.9 Å². The number of Topliss-reactive ketones (excluding diaryl/α,β-unsaturated/α-hetero) is 1. The number of sulfone groups is 1. The van der Waals surface area contributed by atoms with Gasteiger partial charge in [-0.05, 0) is 29.8 Å². The molecule has 0 aliphatic heterocycles. The summed E-state index contributed by atoms with van der Waals surface area (Å²) in [7, 11) is -3.30. The van der Waals surface area contributed by atoms with E-state index in [9.17, 15) is 22.9 Å². The molecular formula is C19H15FN2O3S2. The molecule has 0 saturated carbocycles. The normalized spacial score (nSPS) is 12.6. The lowest BCUT2D eigenvalue weighted by molar-refractivity contribution is -0.118. The van der Waals surface area contributed by atoms with E-state index in [2.05, 4.69) is 4.98 Å². The highest BCUT2D eigenvalue weighted by Crippen LogP contribution is 2.29. The number of carbonyl (C=O) groups is 1. The van der Waals surface area contributed by atoms with Crippen molar-refractivity contribution in [3.05, 3.63) is 58.9 Å². The molecule has 0 fully saturated rings. The molecule has 0 spiro atoms. The van der Waals surface area contributed by atoms with Crippen LogP contribution < -0.4 is 0 Å². The third-order valence-electron chi connectivity index (χ3n) is 4.11. The highest BCUT2D eigenvalue weighted by molar-refractivity contribution is 7.91. The van der Waals surface area contributed by atoms with Crippen LogP contribution in [0, 0.1) is 17.1 Å². The number of carbonyl (C=O) groups excluding carboxylic acids is 1. The number of halogens is 1.